The van der Waals surface area contributed by atoms with E-state index in [2.05, 4.69) is 4.90 Å². The minimum Gasteiger partial charge on any atom is -0.496 e. The summed E-state index contributed by atoms with van der Waals surface area (Å²) in [4.78, 5) is 14.7. The minimum absolute atomic E-state index is 0.0253. The van der Waals surface area contributed by atoms with Crippen LogP contribution in [0.3, 0.4) is 0 Å². The first kappa shape index (κ1) is 17.1. The Hall–Kier alpha value is -1.30. The number of ketones is 1. The van der Waals surface area contributed by atoms with Gasteiger partial charge in [0.15, 0.2) is 5.78 Å². The summed E-state index contributed by atoms with van der Waals surface area (Å²) < 4.78 is 16.1. The van der Waals surface area contributed by atoms with E-state index in [0.717, 1.165) is 13.1 Å². The molecule has 1 fully saturated rings. The van der Waals surface area contributed by atoms with Crippen LogP contribution in [0, 0.1) is 0 Å². The average molecular weight is 328 g/mol. The fraction of sp³-hybridized carbons (Fsp3) is 0.562. The Kier molecular flexibility index (Phi) is 5.67. The van der Waals surface area contributed by atoms with Gasteiger partial charge in [-0.15, -0.1) is 0 Å². The van der Waals surface area contributed by atoms with Gasteiger partial charge < -0.3 is 14.2 Å². The second-order valence-corrected chi connectivity index (χ2v) is 5.97. The summed E-state index contributed by atoms with van der Waals surface area (Å²) in [5.74, 6) is 0.937. The van der Waals surface area contributed by atoms with Crippen molar-refractivity contribution in [2.24, 2.45) is 0 Å². The third-order valence-electron chi connectivity index (χ3n) is 3.64. The fourth-order valence-electron chi connectivity index (χ4n) is 2.78. The quantitative estimate of drug-likeness (QED) is 0.778. The Morgan fingerprint density at radius 1 is 1.23 bits per heavy atom. The second-order valence-electron chi connectivity index (χ2n) is 5.56. The lowest BCUT2D eigenvalue weighted by atomic mass is 10.1. The molecular weight excluding hydrogens is 306 g/mol. The monoisotopic (exact) mass is 327 g/mol. The summed E-state index contributed by atoms with van der Waals surface area (Å²) in [6.45, 7) is 5.82. The van der Waals surface area contributed by atoms with E-state index in [1.54, 1.807) is 12.1 Å². The molecule has 0 spiro atoms. The Balaban J connectivity index is 2.17. The highest BCUT2D eigenvalue weighted by Gasteiger charge is 2.25. The van der Waals surface area contributed by atoms with Crippen molar-refractivity contribution >= 4 is 17.4 Å². The molecule has 1 aromatic carbocycles. The van der Waals surface area contributed by atoms with Crippen LogP contribution >= 0.6 is 11.6 Å². The second kappa shape index (κ2) is 7.31. The number of nitrogens with zero attached hydrogens (tertiary/aromatic N) is 1. The van der Waals surface area contributed by atoms with Crippen molar-refractivity contribution in [3.8, 4) is 11.5 Å². The van der Waals surface area contributed by atoms with E-state index >= 15 is 0 Å². The van der Waals surface area contributed by atoms with Gasteiger partial charge in [-0.1, -0.05) is 11.6 Å². The van der Waals surface area contributed by atoms with Crippen molar-refractivity contribution in [1.82, 2.24) is 4.90 Å². The van der Waals surface area contributed by atoms with Gasteiger partial charge in [0.1, 0.15) is 11.5 Å². The first-order valence-corrected chi connectivity index (χ1v) is 7.65. The molecule has 0 aromatic heterocycles. The van der Waals surface area contributed by atoms with Crippen molar-refractivity contribution in [3.63, 3.8) is 0 Å². The predicted molar refractivity (Wildman–Crippen MR) is 85.3 cm³/mol. The molecule has 0 radical (unpaired) electrons. The van der Waals surface area contributed by atoms with Gasteiger partial charge in [0, 0.05) is 19.2 Å². The lowest BCUT2D eigenvalue weighted by Crippen LogP contribution is -2.47. The Labute approximate surface area is 136 Å². The molecule has 2 atom stereocenters. The summed E-state index contributed by atoms with van der Waals surface area (Å²) in [5, 5.41) is 0.398. The number of methoxy groups -OCH3 is 2. The molecule has 122 valence electrons. The van der Waals surface area contributed by atoms with Crippen molar-refractivity contribution in [2.45, 2.75) is 26.1 Å². The highest BCUT2D eigenvalue weighted by atomic mass is 35.5. The Morgan fingerprint density at radius 3 is 2.36 bits per heavy atom. The van der Waals surface area contributed by atoms with Crippen molar-refractivity contribution < 1.29 is 19.0 Å². The fourth-order valence-corrected chi connectivity index (χ4v) is 3.02. The molecule has 22 heavy (non-hydrogen) atoms. The third-order valence-corrected chi connectivity index (χ3v) is 3.93. The number of morpholine rings is 1. The maximum atomic E-state index is 12.6. The summed E-state index contributed by atoms with van der Waals surface area (Å²) in [5.41, 5.74) is 0.472. The molecule has 6 heteroatoms. The zero-order chi connectivity index (χ0) is 16.3. The summed E-state index contributed by atoms with van der Waals surface area (Å²) in [7, 11) is 3.05. The Bertz CT molecular complexity index is 539. The van der Waals surface area contributed by atoms with Gasteiger partial charge in [-0.3, -0.25) is 9.69 Å². The van der Waals surface area contributed by atoms with E-state index in [9.17, 15) is 4.79 Å². The average Bonchev–Trinajstić information content (AvgIpc) is 2.45. The molecule has 1 heterocycles. The van der Waals surface area contributed by atoms with Gasteiger partial charge in [0.2, 0.25) is 0 Å². The molecule has 0 aliphatic carbocycles. The van der Waals surface area contributed by atoms with Gasteiger partial charge in [-0.25, -0.2) is 0 Å². The van der Waals surface area contributed by atoms with Crippen LogP contribution in [-0.2, 0) is 4.74 Å². The number of carbonyl (C=O) groups excluding carboxylic acids is 1. The number of halogens is 1. The highest BCUT2D eigenvalue weighted by molar-refractivity contribution is 6.32. The van der Waals surface area contributed by atoms with Gasteiger partial charge in [0.25, 0.3) is 0 Å². The van der Waals surface area contributed by atoms with Crippen LogP contribution < -0.4 is 9.47 Å². The maximum Gasteiger partial charge on any atom is 0.180 e. The predicted octanol–water partition coefficient (Wildman–Crippen LogP) is 2.65. The van der Waals surface area contributed by atoms with Crippen LogP contribution in [0.25, 0.3) is 0 Å². The first-order valence-electron chi connectivity index (χ1n) is 7.27. The van der Waals surface area contributed by atoms with E-state index < -0.39 is 0 Å². The van der Waals surface area contributed by atoms with Crippen molar-refractivity contribution in [3.05, 3.63) is 22.7 Å². The van der Waals surface area contributed by atoms with Crippen molar-refractivity contribution in [2.75, 3.05) is 33.9 Å². The van der Waals surface area contributed by atoms with E-state index in [-0.39, 0.29) is 18.0 Å². The number of carbonyl (C=O) groups is 1. The first-order chi connectivity index (χ1) is 10.4. The van der Waals surface area contributed by atoms with Crippen LogP contribution in [0.15, 0.2) is 12.1 Å². The summed E-state index contributed by atoms with van der Waals surface area (Å²) >= 11 is 6.13. The molecule has 1 aromatic rings. The van der Waals surface area contributed by atoms with Gasteiger partial charge in [-0.2, -0.15) is 0 Å². The number of hydrogen-bond acceptors (Lipinski definition) is 5. The van der Waals surface area contributed by atoms with Gasteiger partial charge in [-0.05, 0) is 19.9 Å². The van der Waals surface area contributed by atoms with Gasteiger partial charge >= 0.3 is 0 Å². The smallest absolute Gasteiger partial charge is 0.180 e. The number of benzene rings is 1. The molecule has 5 nitrogen and oxygen atoms in total. The van der Waals surface area contributed by atoms with Crippen LogP contribution in [0.2, 0.25) is 5.02 Å². The SMILES string of the molecule is COc1cc(OC)c(C(=O)CN2CC(C)OC(C)C2)cc1Cl. The number of ether oxygens (including phenoxy) is 3. The molecule has 0 saturated carbocycles. The number of rotatable bonds is 5. The Morgan fingerprint density at radius 2 is 1.82 bits per heavy atom. The largest absolute Gasteiger partial charge is 0.496 e. The molecular formula is C16H22ClNO4. The normalized spacial score (nSPS) is 22.4. The lowest BCUT2D eigenvalue weighted by Gasteiger charge is -2.34. The maximum absolute atomic E-state index is 12.6. The standard InChI is InChI=1S/C16H22ClNO4/c1-10-7-18(8-11(2)22-10)9-14(19)12-5-13(17)16(21-4)6-15(12)20-3/h5-6,10-11H,7-9H2,1-4H3. The van der Waals surface area contributed by atoms with E-state index in [1.165, 1.54) is 14.2 Å². The van der Waals surface area contributed by atoms with Gasteiger partial charge in [0.05, 0.1) is 43.6 Å². The topological polar surface area (TPSA) is 48.0 Å². The van der Waals surface area contributed by atoms with Crippen LogP contribution in [-0.4, -0.2) is 56.7 Å². The van der Waals surface area contributed by atoms with Crippen LogP contribution in [0.1, 0.15) is 24.2 Å². The molecule has 0 bridgehead atoms. The lowest BCUT2D eigenvalue weighted by molar-refractivity contribution is -0.0652. The molecule has 1 saturated heterocycles. The van der Waals surface area contributed by atoms with Crippen LogP contribution in [0.5, 0.6) is 11.5 Å². The molecule has 0 N–H and O–H groups in total. The molecule has 2 unspecified atom stereocenters. The van der Waals surface area contributed by atoms with E-state index in [0.29, 0.717) is 28.6 Å². The van der Waals surface area contributed by atoms with E-state index in [1.807, 2.05) is 13.8 Å². The van der Waals surface area contributed by atoms with E-state index in [4.69, 9.17) is 25.8 Å². The zero-order valence-electron chi connectivity index (χ0n) is 13.4. The van der Waals surface area contributed by atoms with Crippen LogP contribution in [0.4, 0.5) is 0 Å². The highest BCUT2D eigenvalue weighted by Crippen LogP contribution is 2.33. The number of hydrogen-bond donors (Lipinski definition) is 0. The third kappa shape index (κ3) is 3.91. The molecule has 2 rings (SSSR count). The summed E-state index contributed by atoms with van der Waals surface area (Å²) in [6, 6.07) is 3.25. The minimum atomic E-state index is -0.0253. The van der Waals surface area contributed by atoms with Crippen molar-refractivity contribution in [1.29, 1.82) is 0 Å². The molecule has 0 amide bonds. The molecule has 1 aliphatic rings. The zero-order valence-corrected chi connectivity index (χ0v) is 14.1. The molecule has 1 aliphatic heterocycles. The number of Topliss-reactive ketones (excluding diaryl/α,β-unsaturated/α-hetero) is 1. The summed E-state index contributed by atoms with van der Waals surface area (Å²) in [6.07, 6.45) is 0.246.